The highest BCUT2D eigenvalue weighted by Gasteiger charge is 2.23. The first-order valence-corrected chi connectivity index (χ1v) is 10.0. The maximum atomic E-state index is 13.5. The molecular formula is C22H27F2N5O2. The lowest BCUT2D eigenvalue weighted by Gasteiger charge is -2.24. The van der Waals surface area contributed by atoms with E-state index in [1.54, 1.807) is 6.07 Å². The van der Waals surface area contributed by atoms with Crippen LogP contribution in [-0.2, 0) is 6.42 Å². The highest BCUT2D eigenvalue weighted by molar-refractivity contribution is 5.95. The Morgan fingerprint density at radius 2 is 1.97 bits per heavy atom. The van der Waals surface area contributed by atoms with E-state index in [1.807, 2.05) is 18.0 Å². The molecule has 9 heteroatoms. The van der Waals surface area contributed by atoms with Crippen LogP contribution in [-0.4, -0.2) is 48.3 Å². The first-order chi connectivity index (χ1) is 14.8. The second-order valence-corrected chi connectivity index (χ2v) is 7.35. The summed E-state index contributed by atoms with van der Waals surface area (Å²) in [5.74, 6) is -1.59. The molecule has 1 amide bonds. The molecule has 4 N–H and O–H groups in total. The molecule has 166 valence electrons. The van der Waals surface area contributed by atoms with E-state index in [1.165, 1.54) is 6.07 Å². The maximum absolute atomic E-state index is 13.5. The van der Waals surface area contributed by atoms with Crippen molar-refractivity contribution in [1.29, 1.82) is 5.26 Å². The van der Waals surface area contributed by atoms with Gasteiger partial charge in [0.25, 0.3) is 5.91 Å². The number of carbonyl (C=O) groups is 1. The predicted octanol–water partition coefficient (Wildman–Crippen LogP) is 2.13. The number of aliphatic hydroxyl groups excluding tert-OH is 1. The molecule has 0 aliphatic carbocycles. The van der Waals surface area contributed by atoms with Crippen molar-refractivity contribution in [3.05, 3.63) is 58.8 Å². The molecule has 0 fully saturated rings. The molecule has 0 aliphatic rings. The van der Waals surface area contributed by atoms with Gasteiger partial charge in [-0.1, -0.05) is 13.3 Å². The molecule has 0 radical (unpaired) electrons. The SMILES string of the molecule is CCCCN(C)c1cc(C(=O)N[C@@H](Cc2cc(F)cc(F)c2)[C@H](O)CN)cc(C#N)n1. The van der Waals surface area contributed by atoms with Crippen LogP contribution in [0.3, 0.4) is 0 Å². The second kappa shape index (κ2) is 11.3. The number of unbranched alkanes of at least 4 members (excludes halogenated alkanes) is 1. The van der Waals surface area contributed by atoms with E-state index in [4.69, 9.17) is 5.73 Å². The van der Waals surface area contributed by atoms with Crippen molar-refractivity contribution in [2.75, 3.05) is 25.0 Å². The third-order valence-corrected chi connectivity index (χ3v) is 4.83. The van der Waals surface area contributed by atoms with E-state index < -0.39 is 29.7 Å². The number of pyridine rings is 1. The fraction of sp³-hybridized carbons (Fsp3) is 0.409. The van der Waals surface area contributed by atoms with Crippen LogP contribution < -0.4 is 16.0 Å². The number of aromatic nitrogens is 1. The topological polar surface area (TPSA) is 115 Å². The standard InChI is InChI=1S/C22H27F2N5O2/c1-3-4-5-29(2)21-10-15(9-18(12-25)27-21)22(31)28-19(20(30)13-26)8-14-6-16(23)11-17(24)7-14/h6-7,9-11,19-20,30H,3-5,8,13,26H2,1-2H3,(H,28,31)/t19-,20+/m0/s1. The Morgan fingerprint density at radius 1 is 1.29 bits per heavy atom. The van der Waals surface area contributed by atoms with Gasteiger partial charge >= 0.3 is 0 Å². The van der Waals surface area contributed by atoms with Gasteiger partial charge in [0, 0.05) is 31.8 Å². The number of hydrogen-bond acceptors (Lipinski definition) is 6. The predicted molar refractivity (Wildman–Crippen MR) is 114 cm³/mol. The number of aliphatic hydroxyl groups is 1. The summed E-state index contributed by atoms with van der Waals surface area (Å²) in [7, 11) is 1.82. The van der Waals surface area contributed by atoms with Gasteiger partial charge in [-0.15, -0.1) is 0 Å². The molecule has 0 saturated carbocycles. The Kier molecular flexibility index (Phi) is 8.85. The molecule has 1 aromatic carbocycles. The first kappa shape index (κ1) is 24.2. The third-order valence-electron chi connectivity index (χ3n) is 4.83. The first-order valence-electron chi connectivity index (χ1n) is 10.0. The van der Waals surface area contributed by atoms with Crippen LogP contribution in [0.2, 0.25) is 0 Å². The lowest BCUT2D eigenvalue weighted by molar-refractivity contribution is 0.0845. The molecule has 2 aromatic rings. The summed E-state index contributed by atoms with van der Waals surface area (Å²) in [6.07, 6.45) is 0.734. The number of nitrogens with zero attached hydrogens (tertiary/aromatic N) is 3. The summed E-state index contributed by atoms with van der Waals surface area (Å²) in [6.45, 7) is 2.60. The lowest BCUT2D eigenvalue weighted by Crippen LogP contribution is -2.47. The minimum atomic E-state index is -1.14. The van der Waals surface area contributed by atoms with Gasteiger partial charge in [0.2, 0.25) is 0 Å². The lowest BCUT2D eigenvalue weighted by atomic mass is 10.00. The zero-order valence-corrected chi connectivity index (χ0v) is 17.6. The van der Waals surface area contributed by atoms with Crippen molar-refractivity contribution in [2.45, 2.75) is 38.3 Å². The Morgan fingerprint density at radius 3 is 2.55 bits per heavy atom. The highest BCUT2D eigenvalue weighted by Crippen LogP contribution is 2.16. The van der Waals surface area contributed by atoms with Gasteiger partial charge < -0.3 is 21.1 Å². The molecule has 2 rings (SSSR count). The second-order valence-electron chi connectivity index (χ2n) is 7.35. The summed E-state index contributed by atoms with van der Waals surface area (Å²) in [4.78, 5) is 19.0. The van der Waals surface area contributed by atoms with Crippen LogP contribution in [0, 0.1) is 23.0 Å². The van der Waals surface area contributed by atoms with Crippen molar-refractivity contribution in [3.8, 4) is 6.07 Å². The third kappa shape index (κ3) is 6.98. The summed E-state index contributed by atoms with van der Waals surface area (Å²) < 4.78 is 27.0. The van der Waals surface area contributed by atoms with Crippen LogP contribution >= 0.6 is 0 Å². The molecule has 0 spiro atoms. The number of nitrogens with two attached hydrogens (primary N) is 1. The fourth-order valence-electron chi connectivity index (χ4n) is 3.09. The number of amides is 1. The monoisotopic (exact) mass is 431 g/mol. The number of rotatable bonds is 10. The average Bonchev–Trinajstić information content (AvgIpc) is 2.75. The van der Waals surface area contributed by atoms with E-state index in [0.29, 0.717) is 12.4 Å². The van der Waals surface area contributed by atoms with Crippen LogP contribution in [0.25, 0.3) is 0 Å². The number of halogens is 2. The Hall–Kier alpha value is -3.09. The van der Waals surface area contributed by atoms with E-state index in [2.05, 4.69) is 17.2 Å². The average molecular weight is 431 g/mol. The van der Waals surface area contributed by atoms with E-state index >= 15 is 0 Å². The molecule has 0 saturated heterocycles. The van der Waals surface area contributed by atoms with Gasteiger partial charge in [-0.05, 0) is 42.7 Å². The van der Waals surface area contributed by atoms with E-state index in [-0.39, 0.29) is 29.8 Å². The number of anilines is 1. The zero-order valence-electron chi connectivity index (χ0n) is 17.6. The van der Waals surface area contributed by atoms with Gasteiger partial charge in [0.15, 0.2) is 0 Å². The van der Waals surface area contributed by atoms with E-state index in [9.17, 15) is 23.9 Å². The fourth-order valence-corrected chi connectivity index (χ4v) is 3.09. The molecule has 2 atom stereocenters. The number of nitrogens with one attached hydrogen (secondary N) is 1. The smallest absolute Gasteiger partial charge is 0.251 e. The molecular weight excluding hydrogens is 404 g/mol. The van der Waals surface area contributed by atoms with Crippen molar-refractivity contribution >= 4 is 11.7 Å². The van der Waals surface area contributed by atoms with Crippen LogP contribution in [0.4, 0.5) is 14.6 Å². The summed E-state index contributed by atoms with van der Waals surface area (Å²) in [5, 5.41) is 22.2. The van der Waals surface area contributed by atoms with Crippen molar-refractivity contribution < 1.29 is 18.7 Å². The summed E-state index contributed by atoms with van der Waals surface area (Å²) in [5.41, 5.74) is 6.08. The Bertz CT molecular complexity index is 928. The van der Waals surface area contributed by atoms with Gasteiger partial charge in [-0.2, -0.15) is 5.26 Å². The van der Waals surface area contributed by atoms with Gasteiger partial charge in [0.05, 0.1) is 12.1 Å². The van der Waals surface area contributed by atoms with Crippen LogP contribution in [0.1, 0.15) is 41.4 Å². The van der Waals surface area contributed by atoms with E-state index in [0.717, 1.165) is 31.0 Å². The molecule has 1 heterocycles. The normalized spacial score (nSPS) is 12.7. The maximum Gasteiger partial charge on any atom is 0.251 e. The molecule has 0 bridgehead atoms. The molecule has 0 unspecified atom stereocenters. The molecule has 1 aromatic heterocycles. The number of hydrogen-bond donors (Lipinski definition) is 3. The van der Waals surface area contributed by atoms with Crippen molar-refractivity contribution in [1.82, 2.24) is 10.3 Å². The Balaban J connectivity index is 2.27. The van der Waals surface area contributed by atoms with Crippen molar-refractivity contribution in [3.63, 3.8) is 0 Å². The van der Waals surface area contributed by atoms with Crippen molar-refractivity contribution in [2.24, 2.45) is 5.73 Å². The van der Waals surface area contributed by atoms with Gasteiger partial charge in [-0.25, -0.2) is 13.8 Å². The largest absolute Gasteiger partial charge is 0.390 e. The van der Waals surface area contributed by atoms with Crippen LogP contribution in [0.15, 0.2) is 30.3 Å². The minimum Gasteiger partial charge on any atom is -0.390 e. The quantitative estimate of drug-likeness (QED) is 0.531. The van der Waals surface area contributed by atoms with Crippen LogP contribution in [0.5, 0.6) is 0 Å². The number of carbonyl (C=O) groups excluding carboxylic acids is 1. The zero-order chi connectivity index (χ0) is 23.0. The molecule has 0 aliphatic heterocycles. The number of nitriles is 1. The highest BCUT2D eigenvalue weighted by atomic mass is 19.1. The van der Waals surface area contributed by atoms with Gasteiger partial charge in [0.1, 0.15) is 29.2 Å². The summed E-state index contributed by atoms with van der Waals surface area (Å²) in [6, 6.07) is 6.96. The minimum absolute atomic E-state index is 0.0295. The molecule has 7 nitrogen and oxygen atoms in total. The number of benzene rings is 1. The summed E-state index contributed by atoms with van der Waals surface area (Å²) >= 11 is 0. The van der Waals surface area contributed by atoms with Gasteiger partial charge in [-0.3, -0.25) is 4.79 Å². The molecule has 31 heavy (non-hydrogen) atoms. The Labute approximate surface area is 180 Å².